The number of halogens is 1. The Bertz CT molecular complexity index is 659. The number of rotatable bonds is 2. The number of benzene rings is 1. The van der Waals surface area contributed by atoms with Crippen LogP contribution in [0.5, 0.6) is 0 Å². The summed E-state index contributed by atoms with van der Waals surface area (Å²) in [5.74, 6) is -0.839. The average Bonchev–Trinajstić information content (AvgIpc) is 2.37. The predicted molar refractivity (Wildman–Crippen MR) is 72.7 cm³/mol. The molecular formula is C11H11ClN2O5S. The molecule has 0 radical (unpaired) electrons. The van der Waals surface area contributed by atoms with Gasteiger partial charge in [0.2, 0.25) is 0 Å². The smallest absolute Gasteiger partial charge is 0.282 e. The number of hydrogen-bond donors (Lipinski definition) is 0. The lowest BCUT2D eigenvalue weighted by molar-refractivity contribution is -0.385. The zero-order valence-corrected chi connectivity index (χ0v) is 11.9. The molecule has 0 aromatic heterocycles. The molecule has 1 saturated heterocycles. The molecule has 1 aromatic rings. The van der Waals surface area contributed by atoms with Gasteiger partial charge in [-0.15, -0.1) is 0 Å². The standard InChI is InChI=1S/C11H11ClN2O5S/c12-8-1-2-10(14(16)17)9(7-8)11(15)13-3-5-20(18,19)6-4-13/h1-2,7H,3-6H2. The van der Waals surface area contributed by atoms with E-state index in [4.69, 9.17) is 11.6 Å². The van der Waals surface area contributed by atoms with E-state index < -0.39 is 20.7 Å². The van der Waals surface area contributed by atoms with E-state index in [-0.39, 0.29) is 40.9 Å². The monoisotopic (exact) mass is 318 g/mol. The summed E-state index contributed by atoms with van der Waals surface area (Å²) in [6, 6.07) is 3.72. The molecule has 0 saturated carbocycles. The highest BCUT2D eigenvalue weighted by molar-refractivity contribution is 7.91. The van der Waals surface area contributed by atoms with E-state index in [2.05, 4.69) is 0 Å². The number of carbonyl (C=O) groups is 1. The Kier molecular flexibility index (Phi) is 3.96. The molecule has 1 amide bonds. The number of nitro benzene ring substituents is 1. The first-order valence-electron chi connectivity index (χ1n) is 5.74. The second-order valence-corrected chi connectivity index (χ2v) is 7.10. The van der Waals surface area contributed by atoms with E-state index in [1.165, 1.54) is 17.0 Å². The van der Waals surface area contributed by atoms with Crippen molar-refractivity contribution >= 4 is 33.0 Å². The van der Waals surface area contributed by atoms with E-state index in [0.29, 0.717) is 0 Å². The summed E-state index contributed by atoms with van der Waals surface area (Å²) in [6.45, 7) is 0.0651. The van der Waals surface area contributed by atoms with Crippen molar-refractivity contribution in [2.45, 2.75) is 0 Å². The van der Waals surface area contributed by atoms with Crippen LogP contribution in [0.3, 0.4) is 0 Å². The van der Waals surface area contributed by atoms with Crippen LogP contribution in [-0.4, -0.2) is 48.7 Å². The molecule has 108 valence electrons. The van der Waals surface area contributed by atoms with E-state index >= 15 is 0 Å². The van der Waals surface area contributed by atoms with E-state index in [1.54, 1.807) is 0 Å². The zero-order valence-electron chi connectivity index (χ0n) is 10.3. The van der Waals surface area contributed by atoms with Crippen molar-refractivity contribution in [3.63, 3.8) is 0 Å². The summed E-state index contributed by atoms with van der Waals surface area (Å²) < 4.78 is 22.6. The van der Waals surface area contributed by atoms with Crippen LogP contribution in [0.2, 0.25) is 5.02 Å². The lowest BCUT2D eigenvalue weighted by Crippen LogP contribution is -2.43. The molecule has 1 heterocycles. The Labute approximate surface area is 120 Å². The maximum Gasteiger partial charge on any atom is 0.282 e. The van der Waals surface area contributed by atoms with Gasteiger partial charge in [0.25, 0.3) is 11.6 Å². The van der Waals surface area contributed by atoms with Crippen LogP contribution < -0.4 is 0 Å². The lowest BCUT2D eigenvalue weighted by Gasteiger charge is -2.26. The normalized spacial score (nSPS) is 17.8. The first kappa shape index (κ1) is 14.7. The molecule has 20 heavy (non-hydrogen) atoms. The fourth-order valence-corrected chi connectivity index (χ4v) is 3.30. The molecule has 0 atom stereocenters. The highest BCUT2D eigenvalue weighted by atomic mass is 35.5. The average molecular weight is 319 g/mol. The molecule has 0 bridgehead atoms. The van der Waals surface area contributed by atoms with Gasteiger partial charge in [0.15, 0.2) is 9.84 Å². The summed E-state index contributed by atoms with van der Waals surface area (Å²) in [5, 5.41) is 11.1. The molecule has 1 aromatic carbocycles. The van der Waals surface area contributed by atoms with Crippen LogP contribution in [0.4, 0.5) is 5.69 Å². The fourth-order valence-electron chi connectivity index (χ4n) is 1.92. The number of sulfone groups is 1. The highest BCUT2D eigenvalue weighted by Gasteiger charge is 2.29. The van der Waals surface area contributed by atoms with Gasteiger partial charge in [-0.3, -0.25) is 14.9 Å². The molecule has 1 aliphatic heterocycles. The minimum absolute atomic E-state index is 0.0326. The quantitative estimate of drug-likeness (QED) is 0.601. The first-order valence-corrected chi connectivity index (χ1v) is 7.94. The lowest BCUT2D eigenvalue weighted by atomic mass is 10.1. The Morgan fingerprint density at radius 2 is 1.90 bits per heavy atom. The van der Waals surface area contributed by atoms with E-state index in [0.717, 1.165) is 6.07 Å². The molecule has 9 heteroatoms. The SMILES string of the molecule is O=C(c1cc(Cl)ccc1[N+](=O)[O-])N1CCS(=O)(=O)CC1. The highest BCUT2D eigenvalue weighted by Crippen LogP contribution is 2.24. The van der Waals surface area contributed by atoms with Crippen molar-refractivity contribution in [2.24, 2.45) is 0 Å². The Hall–Kier alpha value is -1.67. The van der Waals surface area contributed by atoms with Gasteiger partial charge in [-0.1, -0.05) is 11.6 Å². The maximum atomic E-state index is 12.3. The van der Waals surface area contributed by atoms with Crippen LogP contribution in [0, 0.1) is 10.1 Å². The molecule has 0 spiro atoms. The van der Waals surface area contributed by atoms with Gasteiger partial charge in [-0.25, -0.2) is 8.42 Å². The van der Waals surface area contributed by atoms with Crippen LogP contribution in [0.25, 0.3) is 0 Å². The van der Waals surface area contributed by atoms with E-state index in [9.17, 15) is 23.3 Å². The molecular weight excluding hydrogens is 308 g/mol. The van der Waals surface area contributed by atoms with Crippen molar-refractivity contribution < 1.29 is 18.1 Å². The van der Waals surface area contributed by atoms with Crippen LogP contribution in [0.15, 0.2) is 18.2 Å². The third-order valence-electron chi connectivity index (χ3n) is 3.02. The number of hydrogen-bond acceptors (Lipinski definition) is 5. The number of nitro groups is 1. The Morgan fingerprint density at radius 3 is 2.45 bits per heavy atom. The number of carbonyl (C=O) groups excluding carboxylic acids is 1. The molecule has 2 rings (SSSR count). The van der Waals surface area contributed by atoms with Gasteiger partial charge in [-0.05, 0) is 12.1 Å². The summed E-state index contributed by atoms with van der Waals surface area (Å²) in [7, 11) is -3.12. The largest absolute Gasteiger partial charge is 0.336 e. The number of nitrogens with zero attached hydrogens (tertiary/aromatic N) is 2. The fraction of sp³-hybridized carbons (Fsp3) is 0.364. The van der Waals surface area contributed by atoms with Crippen molar-refractivity contribution in [3.8, 4) is 0 Å². The van der Waals surface area contributed by atoms with Crippen molar-refractivity contribution in [2.75, 3.05) is 24.6 Å². The van der Waals surface area contributed by atoms with Crippen LogP contribution in [-0.2, 0) is 9.84 Å². The molecule has 7 nitrogen and oxygen atoms in total. The van der Waals surface area contributed by atoms with Crippen LogP contribution in [0.1, 0.15) is 10.4 Å². The third kappa shape index (κ3) is 3.07. The summed E-state index contributed by atoms with van der Waals surface area (Å²) in [4.78, 5) is 23.8. The van der Waals surface area contributed by atoms with Gasteiger partial charge in [0.05, 0.1) is 16.4 Å². The molecule has 0 N–H and O–H groups in total. The second kappa shape index (κ2) is 5.37. The van der Waals surface area contributed by atoms with Gasteiger partial charge in [0.1, 0.15) is 5.56 Å². The Morgan fingerprint density at radius 1 is 1.30 bits per heavy atom. The second-order valence-electron chi connectivity index (χ2n) is 4.36. The van der Waals surface area contributed by atoms with Gasteiger partial charge in [-0.2, -0.15) is 0 Å². The summed E-state index contributed by atoms with van der Waals surface area (Å²) in [5.41, 5.74) is -0.463. The first-order chi connectivity index (χ1) is 9.30. The minimum atomic E-state index is -3.12. The van der Waals surface area contributed by atoms with Gasteiger partial charge >= 0.3 is 0 Å². The van der Waals surface area contributed by atoms with Crippen molar-refractivity contribution in [1.29, 1.82) is 0 Å². The molecule has 0 aliphatic carbocycles. The maximum absolute atomic E-state index is 12.3. The molecule has 1 aliphatic rings. The zero-order chi connectivity index (χ0) is 14.9. The summed E-state index contributed by atoms with van der Waals surface area (Å²) >= 11 is 5.76. The van der Waals surface area contributed by atoms with Gasteiger partial charge in [0, 0.05) is 24.2 Å². The van der Waals surface area contributed by atoms with Crippen molar-refractivity contribution in [3.05, 3.63) is 38.9 Å². The molecule has 0 unspecified atom stereocenters. The summed E-state index contributed by atoms with van der Waals surface area (Å²) in [6.07, 6.45) is 0. The third-order valence-corrected chi connectivity index (χ3v) is 4.86. The van der Waals surface area contributed by atoms with Gasteiger partial charge < -0.3 is 4.90 Å². The predicted octanol–water partition coefficient (Wildman–Crippen LogP) is 1.12. The van der Waals surface area contributed by atoms with Crippen molar-refractivity contribution in [1.82, 2.24) is 4.90 Å². The molecule has 1 fully saturated rings. The van der Waals surface area contributed by atoms with Crippen LogP contribution >= 0.6 is 11.6 Å². The topological polar surface area (TPSA) is 97.6 Å². The van der Waals surface area contributed by atoms with E-state index in [1.807, 2.05) is 0 Å². The minimum Gasteiger partial charge on any atom is -0.336 e. The number of amides is 1. The Balaban J connectivity index is 2.30.